The Kier molecular flexibility index (Phi) is 4.50. The number of aromatic hydroxyl groups is 1. The van der Waals surface area contributed by atoms with Gasteiger partial charge in [-0.25, -0.2) is 0 Å². The Morgan fingerprint density at radius 2 is 1.86 bits per heavy atom. The minimum Gasteiger partial charge on any atom is -0.501 e. The molecule has 0 aliphatic carbocycles. The quantitative estimate of drug-likeness (QED) is 0.368. The molecule has 6 heteroatoms. The number of rotatable bonds is 6. The molecule has 0 aromatic heterocycles. The Labute approximate surface area is 121 Å². The van der Waals surface area contributed by atoms with Gasteiger partial charge in [0, 0.05) is 24.6 Å². The standard InChI is InChI=1S/C15H14N2O4/c18-14(11-5-2-1-3-6-11)9-10-16-12-7-4-8-13(15(12)19)17(20)21/h1-8,16,19H,9-10H2. The molecular weight excluding hydrogens is 272 g/mol. The Morgan fingerprint density at radius 3 is 2.52 bits per heavy atom. The van der Waals surface area contributed by atoms with Crippen LogP contribution in [0.3, 0.4) is 0 Å². The van der Waals surface area contributed by atoms with Gasteiger partial charge in [0.25, 0.3) is 0 Å². The summed E-state index contributed by atoms with van der Waals surface area (Å²) in [5.74, 6) is -0.456. The molecule has 0 saturated heterocycles. The molecule has 0 spiro atoms. The summed E-state index contributed by atoms with van der Waals surface area (Å²) in [6, 6.07) is 13.1. The lowest BCUT2D eigenvalue weighted by Gasteiger charge is -2.08. The number of hydrogen-bond acceptors (Lipinski definition) is 5. The fourth-order valence-corrected chi connectivity index (χ4v) is 1.90. The van der Waals surface area contributed by atoms with Crippen molar-refractivity contribution < 1.29 is 14.8 Å². The maximum Gasteiger partial charge on any atom is 0.312 e. The Balaban J connectivity index is 1.97. The van der Waals surface area contributed by atoms with Crippen molar-refractivity contribution in [3.63, 3.8) is 0 Å². The summed E-state index contributed by atoms with van der Waals surface area (Å²) in [6.45, 7) is 0.280. The van der Waals surface area contributed by atoms with Gasteiger partial charge in [0.2, 0.25) is 5.75 Å². The lowest BCUT2D eigenvalue weighted by Crippen LogP contribution is -2.09. The molecule has 21 heavy (non-hydrogen) atoms. The largest absolute Gasteiger partial charge is 0.501 e. The van der Waals surface area contributed by atoms with Gasteiger partial charge in [0.15, 0.2) is 5.78 Å². The van der Waals surface area contributed by atoms with Crippen molar-refractivity contribution in [3.8, 4) is 5.75 Å². The SMILES string of the molecule is O=C(CCNc1cccc([N+](=O)[O-])c1O)c1ccccc1. The molecule has 2 N–H and O–H groups in total. The first-order chi connectivity index (χ1) is 10.1. The van der Waals surface area contributed by atoms with Crippen LogP contribution < -0.4 is 5.32 Å². The first-order valence-electron chi connectivity index (χ1n) is 6.38. The molecule has 108 valence electrons. The van der Waals surface area contributed by atoms with Crippen molar-refractivity contribution in [1.82, 2.24) is 0 Å². The van der Waals surface area contributed by atoms with Gasteiger partial charge in [-0.15, -0.1) is 0 Å². The lowest BCUT2D eigenvalue weighted by atomic mass is 10.1. The highest BCUT2D eigenvalue weighted by Gasteiger charge is 2.16. The molecule has 0 unspecified atom stereocenters. The third-order valence-corrected chi connectivity index (χ3v) is 2.97. The Hall–Kier alpha value is -2.89. The van der Waals surface area contributed by atoms with Crippen LogP contribution in [-0.4, -0.2) is 22.4 Å². The number of ketones is 1. The van der Waals surface area contributed by atoms with Crippen molar-refractivity contribution in [1.29, 1.82) is 0 Å². The number of carbonyl (C=O) groups is 1. The molecule has 0 fully saturated rings. The number of para-hydroxylation sites is 1. The molecule has 0 saturated carbocycles. The number of carbonyl (C=O) groups excluding carboxylic acids is 1. The Bertz CT molecular complexity index is 656. The van der Waals surface area contributed by atoms with Gasteiger partial charge in [0.1, 0.15) is 0 Å². The predicted molar refractivity (Wildman–Crippen MR) is 78.6 cm³/mol. The van der Waals surface area contributed by atoms with E-state index >= 15 is 0 Å². The van der Waals surface area contributed by atoms with E-state index in [1.807, 2.05) is 6.07 Å². The van der Waals surface area contributed by atoms with Crippen molar-refractivity contribution in [3.05, 3.63) is 64.2 Å². The minimum absolute atomic E-state index is 0.0342. The fourth-order valence-electron chi connectivity index (χ4n) is 1.90. The van der Waals surface area contributed by atoms with Crippen LogP contribution >= 0.6 is 0 Å². The van der Waals surface area contributed by atoms with E-state index in [0.717, 1.165) is 0 Å². The van der Waals surface area contributed by atoms with Gasteiger partial charge in [0.05, 0.1) is 10.6 Å². The van der Waals surface area contributed by atoms with Crippen LogP contribution in [0.5, 0.6) is 5.75 Å². The molecule has 0 atom stereocenters. The smallest absolute Gasteiger partial charge is 0.312 e. The summed E-state index contributed by atoms with van der Waals surface area (Å²) in [5, 5.41) is 23.3. The molecule has 0 bridgehead atoms. The first-order valence-corrected chi connectivity index (χ1v) is 6.38. The van der Waals surface area contributed by atoms with Crippen molar-refractivity contribution >= 4 is 17.2 Å². The van der Waals surface area contributed by atoms with Crippen LogP contribution in [0.25, 0.3) is 0 Å². The highest BCUT2D eigenvalue weighted by Crippen LogP contribution is 2.33. The van der Waals surface area contributed by atoms with E-state index in [0.29, 0.717) is 5.56 Å². The van der Waals surface area contributed by atoms with Crippen LogP contribution in [0, 0.1) is 10.1 Å². The van der Waals surface area contributed by atoms with Crippen LogP contribution in [0.4, 0.5) is 11.4 Å². The van der Waals surface area contributed by atoms with E-state index in [9.17, 15) is 20.0 Å². The number of benzene rings is 2. The molecule has 0 aliphatic heterocycles. The highest BCUT2D eigenvalue weighted by atomic mass is 16.6. The third-order valence-electron chi connectivity index (χ3n) is 2.97. The van der Waals surface area contributed by atoms with Crippen LogP contribution in [0.15, 0.2) is 48.5 Å². The van der Waals surface area contributed by atoms with Crippen molar-refractivity contribution in [2.75, 3.05) is 11.9 Å². The number of phenolic OH excluding ortho intramolecular Hbond substituents is 1. The monoisotopic (exact) mass is 286 g/mol. The van der Waals surface area contributed by atoms with Gasteiger partial charge in [-0.2, -0.15) is 0 Å². The molecule has 0 amide bonds. The zero-order chi connectivity index (χ0) is 15.2. The molecule has 2 rings (SSSR count). The summed E-state index contributed by atoms with van der Waals surface area (Å²) in [7, 11) is 0. The van der Waals surface area contributed by atoms with Gasteiger partial charge < -0.3 is 10.4 Å². The summed E-state index contributed by atoms with van der Waals surface area (Å²) < 4.78 is 0. The molecular formula is C15H14N2O4. The van der Waals surface area contributed by atoms with E-state index in [1.165, 1.54) is 18.2 Å². The normalized spacial score (nSPS) is 10.1. The maximum atomic E-state index is 11.9. The van der Waals surface area contributed by atoms with E-state index in [-0.39, 0.29) is 30.1 Å². The number of nitrogens with zero attached hydrogens (tertiary/aromatic N) is 1. The van der Waals surface area contributed by atoms with Gasteiger partial charge >= 0.3 is 5.69 Å². The number of anilines is 1. The van der Waals surface area contributed by atoms with E-state index < -0.39 is 10.7 Å². The molecule has 2 aromatic carbocycles. The average Bonchev–Trinajstić information content (AvgIpc) is 2.49. The summed E-state index contributed by atoms with van der Waals surface area (Å²) >= 11 is 0. The summed E-state index contributed by atoms with van der Waals surface area (Å²) in [6.07, 6.45) is 0.228. The fraction of sp³-hybridized carbons (Fsp3) is 0.133. The van der Waals surface area contributed by atoms with E-state index in [4.69, 9.17) is 0 Å². The average molecular weight is 286 g/mol. The number of nitro groups is 1. The molecule has 2 aromatic rings. The number of phenols is 1. The second-order valence-electron chi connectivity index (χ2n) is 4.40. The topological polar surface area (TPSA) is 92.5 Å². The number of nitrogens with one attached hydrogen (secondary N) is 1. The lowest BCUT2D eigenvalue weighted by molar-refractivity contribution is -0.385. The van der Waals surface area contributed by atoms with Crippen LogP contribution in [0.1, 0.15) is 16.8 Å². The minimum atomic E-state index is -0.657. The molecule has 6 nitrogen and oxygen atoms in total. The number of hydrogen-bond donors (Lipinski definition) is 2. The zero-order valence-electron chi connectivity index (χ0n) is 11.2. The number of Topliss-reactive ketones (excluding diaryl/α,β-unsaturated/α-hetero) is 1. The summed E-state index contributed by atoms with van der Waals surface area (Å²) in [5.41, 5.74) is 0.488. The molecule has 0 aliphatic rings. The Morgan fingerprint density at radius 1 is 1.14 bits per heavy atom. The summed E-state index contributed by atoms with van der Waals surface area (Å²) in [4.78, 5) is 21.9. The predicted octanol–water partition coefficient (Wildman–Crippen LogP) is 2.99. The molecule has 0 radical (unpaired) electrons. The number of nitro benzene ring substituents is 1. The molecule has 0 heterocycles. The van der Waals surface area contributed by atoms with Crippen LogP contribution in [-0.2, 0) is 0 Å². The van der Waals surface area contributed by atoms with Crippen molar-refractivity contribution in [2.45, 2.75) is 6.42 Å². The second kappa shape index (κ2) is 6.51. The van der Waals surface area contributed by atoms with E-state index in [2.05, 4.69) is 5.32 Å². The van der Waals surface area contributed by atoms with Gasteiger partial charge in [-0.05, 0) is 6.07 Å². The first kappa shape index (κ1) is 14.5. The van der Waals surface area contributed by atoms with Gasteiger partial charge in [-0.1, -0.05) is 36.4 Å². The highest BCUT2D eigenvalue weighted by molar-refractivity contribution is 5.96. The van der Waals surface area contributed by atoms with E-state index in [1.54, 1.807) is 24.3 Å². The zero-order valence-corrected chi connectivity index (χ0v) is 11.2. The van der Waals surface area contributed by atoms with Gasteiger partial charge in [-0.3, -0.25) is 14.9 Å². The van der Waals surface area contributed by atoms with Crippen molar-refractivity contribution in [2.24, 2.45) is 0 Å². The van der Waals surface area contributed by atoms with Crippen LogP contribution in [0.2, 0.25) is 0 Å². The third kappa shape index (κ3) is 3.56. The maximum absolute atomic E-state index is 11.9. The second-order valence-corrected chi connectivity index (χ2v) is 4.40.